The molecule has 4 aromatic rings. The van der Waals surface area contributed by atoms with Gasteiger partial charge in [-0.15, -0.1) is 0 Å². The number of aryl methyl sites for hydroxylation is 1. The fourth-order valence-electron chi connectivity index (χ4n) is 3.03. The fraction of sp³-hybridized carbons (Fsp3) is 0.136. The highest BCUT2D eigenvalue weighted by atomic mass is 16.5. The van der Waals surface area contributed by atoms with Crippen LogP contribution < -0.4 is 10.1 Å². The maximum absolute atomic E-state index is 12.4. The standard InChI is InChI=1S/C22H20N4O2/c1-15-11-18(7-9-23-15)17-5-3-16(4-6-17)14-24-22(27)21-13-19-12-20(28-2)8-10-26(19)25-21/h3-13H,14H2,1-2H3,(H,24,27). The topological polar surface area (TPSA) is 68.5 Å². The van der Waals surface area contributed by atoms with Crippen LogP contribution in [0.4, 0.5) is 0 Å². The summed E-state index contributed by atoms with van der Waals surface area (Å²) in [5, 5.41) is 7.22. The van der Waals surface area contributed by atoms with Gasteiger partial charge in [0, 0.05) is 30.7 Å². The molecule has 3 heterocycles. The first-order valence-corrected chi connectivity index (χ1v) is 8.96. The molecule has 0 fully saturated rings. The van der Waals surface area contributed by atoms with Gasteiger partial charge in [0.15, 0.2) is 5.69 Å². The largest absolute Gasteiger partial charge is 0.497 e. The van der Waals surface area contributed by atoms with Crippen molar-refractivity contribution in [2.75, 3.05) is 7.11 Å². The molecule has 0 aliphatic carbocycles. The quantitative estimate of drug-likeness (QED) is 0.581. The van der Waals surface area contributed by atoms with Crippen LogP contribution in [0.2, 0.25) is 0 Å². The third-order valence-corrected chi connectivity index (χ3v) is 4.54. The van der Waals surface area contributed by atoms with Crippen molar-refractivity contribution in [3.05, 3.63) is 83.9 Å². The predicted molar refractivity (Wildman–Crippen MR) is 107 cm³/mol. The smallest absolute Gasteiger partial charge is 0.272 e. The normalized spacial score (nSPS) is 10.8. The van der Waals surface area contributed by atoms with Crippen molar-refractivity contribution in [1.29, 1.82) is 0 Å². The van der Waals surface area contributed by atoms with Crippen LogP contribution in [0.5, 0.6) is 5.75 Å². The predicted octanol–water partition coefficient (Wildman–Crippen LogP) is 3.64. The Hall–Kier alpha value is -3.67. The van der Waals surface area contributed by atoms with Crippen LogP contribution in [0.15, 0.2) is 67.0 Å². The summed E-state index contributed by atoms with van der Waals surface area (Å²) >= 11 is 0. The molecular weight excluding hydrogens is 352 g/mol. The number of amides is 1. The number of aromatic nitrogens is 3. The summed E-state index contributed by atoms with van der Waals surface area (Å²) in [4.78, 5) is 16.7. The van der Waals surface area contributed by atoms with Gasteiger partial charge in [-0.25, -0.2) is 4.52 Å². The zero-order valence-corrected chi connectivity index (χ0v) is 15.7. The molecule has 4 rings (SSSR count). The summed E-state index contributed by atoms with van der Waals surface area (Å²) < 4.78 is 6.86. The van der Waals surface area contributed by atoms with E-state index in [1.54, 1.807) is 30.0 Å². The molecule has 0 saturated carbocycles. The lowest BCUT2D eigenvalue weighted by Crippen LogP contribution is -2.23. The van der Waals surface area contributed by atoms with Crippen molar-refractivity contribution >= 4 is 11.4 Å². The Bertz CT molecular complexity index is 1130. The number of ether oxygens (including phenoxy) is 1. The summed E-state index contributed by atoms with van der Waals surface area (Å²) in [5.74, 6) is 0.514. The molecule has 0 bridgehead atoms. The minimum absolute atomic E-state index is 0.212. The van der Waals surface area contributed by atoms with E-state index in [4.69, 9.17) is 4.74 Å². The van der Waals surface area contributed by atoms with E-state index in [9.17, 15) is 4.79 Å². The van der Waals surface area contributed by atoms with Gasteiger partial charge >= 0.3 is 0 Å². The Labute approximate surface area is 162 Å². The van der Waals surface area contributed by atoms with Crippen molar-refractivity contribution in [2.45, 2.75) is 13.5 Å². The molecule has 140 valence electrons. The summed E-state index contributed by atoms with van der Waals surface area (Å²) in [6, 6.07) is 17.5. The third kappa shape index (κ3) is 3.71. The highest BCUT2D eigenvalue weighted by Gasteiger charge is 2.11. The lowest BCUT2D eigenvalue weighted by Gasteiger charge is -2.06. The molecule has 0 atom stereocenters. The average molecular weight is 372 g/mol. The first-order valence-electron chi connectivity index (χ1n) is 8.96. The molecule has 1 N–H and O–H groups in total. The number of fused-ring (bicyclic) bond motifs is 1. The van der Waals surface area contributed by atoms with Crippen molar-refractivity contribution in [2.24, 2.45) is 0 Å². The molecule has 3 aromatic heterocycles. The second-order valence-electron chi connectivity index (χ2n) is 6.53. The zero-order chi connectivity index (χ0) is 19.5. The average Bonchev–Trinajstić information content (AvgIpc) is 3.15. The van der Waals surface area contributed by atoms with Crippen molar-refractivity contribution in [1.82, 2.24) is 19.9 Å². The van der Waals surface area contributed by atoms with E-state index in [1.807, 2.05) is 49.5 Å². The van der Waals surface area contributed by atoms with Crippen LogP contribution >= 0.6 is 0 Å². The van der Waals surface area contributed by atoms with Gasteiger partial charge in [-0.2, -0.15) is 5.10 Å². The van der Waals surface area contributed by atoms with Crippen LogP contribution in [0.3, 0.4) is 0 Å². The van der Waals surface area contributed by atoms with Crippen LogP contribution in [0.1, 0.15) is 21.7 Å². The van der Waals surface area contributed by atoms with Gasteiger partial charge in [-0.1, -0.05) is 24.3 Å². The van der Waals surface area contributed by atoms with Gasteiger partial charge in [0.05, 0.1) is 12.6 Å². The SMILES string of the molecule is COc1ccn2nc(C(=O)NCc3ccc(-c4ccnc(C)c4)cc3)cc2c1. The van der Waals surface area contributed by atoms with E-state index in [0.717, 1.165) is 33.7 Å². The van der Waals surface area contributed by atoms with Crippen LogP contribution in [-0.4, -0.2) is 27.6 Å². The first-order chi connectivity index (χ1) is 13.6. The minimum atomic E-state index is -0.212. The van der Waals surface area contributed by atoms with Gasteiger partial charge in [0.2, 0.25) is 0 Å². The molecular formula is C22H20N4O2. The van der Waals surface area contributed by atoms with Gasteiger partial charge in [0.25, 0.3) is 5.91 Å². The Morgan fingerprint density at radius 1 is 1.07 bits per heavy atom. The Balaban J connectivity index is 1.43. The number of pyridine rings is 2. The first kappa shape index (κ1) is 17.7. The molecule has 1 amide bonds. The maximum atomic E-state index is 12.4. The molecule has 1 aromatic carbocycles. The van der Waals surface area contributed by atoms with E-state index >= 15 is 0 Å². The number of benzene rings is 1. The number of rotatable bonds is 5. The lowest BCUT2D eigenvalue weighted by atomic mass is 10.0. The molecule has 6 heteroatoms. The van der Waals surface area contributed by atoms with Gasteiger partial charge in [0.1, 0.15) is 5.75 Å². The summed E-state index contributed by atoms with van der Waals surface area (Å²) in [7, 11) is 1.61. The number of nitrogens with one attached hydrogen (secondary N) is 1. The summed E-state index contributed by atoms with van der Waals surface area (Å²) in [6.45, 7) is 2.41. The monoisotopic (exact) mass is 372 g/mol. The van der Waals surface area contributed by atoms with Crippen molar-refractivity contribution < 1.29 is 9.53 Å². The Morgan fingerprint density at radius 2 is 1.89 bits per heavy atom. The molecule has 0 aliphatic rings. The van der Waals surface area contributed by atoms with Crippen LogP contribution in [-0.2, 0) is 6.54 Å². The number of carbonyl (C=O) groups is 1. The molecule has 0 spiro atoms. The fourth-order valence-corrected chi connectivity index (χ4v) is 3.03. The number of hydrogen-bond acceptors (Lipinski definition) is 4. The van der Waals surface area contributed by atoms with Crippen LogP contribution in [0.25, 0.3) is 16.6 Å². The third-order valence-electron chi connectivity index (χ3n) is 4.54. The minimum Gasteiger partial charge on any atom is -0.497 e. The van der Waals surface area contributed by atoms with E-state index in [1.165, 1.54) is 0 Å². The number of nitrogens with zero attached hydrogens (tertiary/aromatic N) is 3. The Morgan fingerprint density at radius 3 is 2.64 bits per heavy atom. The Kier molecular flexibility index (Phi) is 4.76. The van der Waals surface area contributed by atoms with Gasteiger partial charge in [-0.05, 0) is 47.9 Å². The molecule has 28 heavy (non-hydrogen) atoms. The number of methoxy groups -OCH3 is 1. The molecule has 6 nitrogen and oxygen atoms in total. The number of hydrogen-bond donors (Lipinski definition) is 1. The van der Waals surface area contributed by atoms with Crippen molar-refractivity contribution in [3.8, 4) is 16.9 Å². The van der Waals surface area contributed by atoms with Gasteiger partial charge in [-0.3, -0.25) is 9.78 Å². The van der Waals surface area contributed by atoms with Gasteiger partial charge < -0.3 is 10.1 Å². The molecule has 0 saturated heterocycles. The second-order valence-corrected chi connectivity index (χ2v) is 6.53. The highest BCUT2D eigenvalue weighted by molar-refractivity contribution is 5.93. The maximum Gasteiger partial charge on any atom is 0.272 e. The highest BCUT2D eigenvalue weighted by Crippen LogP contribution is 2.20. The summed E-state index contributed by atoms with van der Waals surface area (Å²) in [6.07, 6.45) is 3.58. The molecule has 0 unspecified atom stereocenters. The van der Waals surface area contributed by atoms with Crippen LogP contribution in [0, 0.1) is 6.92 Å². The molecule has 0 aliphatic heterocycles. The zero-order valence-electron chi connectivity index (χ0n) is 15.7. The molecule has 0 radical (unpaired) electrons. The van der Waals surface area contributed by atoms with E-state index < -0.39 is 0 Å². The second kappa shape index (κ2) is 7.52. The van der Waals surface area contributed by atoms with E-state index in [2.05, 4.69) is 21.5 Å². The van der Waals surface area contributed by atoms with Crippen molar-refractivity contribution in [3.63, 3.8) is 0 Å². The summed E-state index contributed by atoms with van der Waals surface area (Å²) in [5.41, 5.74) is 5.43. The number of carbonyl (C=O) groups excluding carboxylic acids is 1. The lowest BCUT2D eigenvalue weighted by molar-refractivity contribution is 0.0945. The van der Waals surface area contributed by atoms with E-state index in [0.29, 0.717) is 12.2 Å². The van der Waals surface area contributed by atoms with E-state index in [-0.39, 0.29) is 5.91 Å².